The second-order valence-electron chi connectivity index (χ2n) is 19.9. The SMILES string of the molecule is CC/C=C\C/C=C\C/C=C\C/C=C\C/C=C\C/C=C\C/C=C\C/C=C\C/C=C\CCCCCCCCCCCCCC(=O)OC(COC(=O)CCCCCCC/C=C\CCC)COP(=O)(O)OCC[N+](C)(C)C. The fraction of sp³-hybridized carbons (Fsp3) is 0.651. The van der Waals surface area contributed by atoms with Gasteiger partial charge in [0.25, 0.3) is 0 Å². The molecule has 0 aliphatic heterocycles. The number of nitrogens with zero attached hydrogens (tertiary/aromatic N) is 1. The quantitative estimate of drug-likeness (QED) is 0.0211. The molecule has 0 rings (SSSR count). The molecule has 9 nitrogen and oxygen atoms in total. The van der Waals surface area contributed by atoms with E-state index in [1.807, 2.05) is 21.1 Å². The maximum Gasteiger partial charge on any atom is 0.472 e. The molecule has 0 aliphatic carbocycles. The Morgan fingerprint density at radius 2 is 0.781 bits per heavy atom. The number of unbranched alkanes of at least 4 members (excludes halogenated alkanes) is 17. The number of phosphoric ester groups is 1. The normalized spacial score (nSPS) is 14.2. The number of carbonyl (C=O) groups is 2. The predicted molar refractivity (Wildman–Crippen MR) is 311 cm³/mol. The molecule has 0 spiro atoms. The second kappa shape index (κ2) is 53.2. The van der Waals surface area contributed by atoms with E-state index in [1.165, 1.54) is 51.4 Å². The molecule has 0 saturated heterocycles. The van der Waals surface area contributed by atoms with Gasteiger partial charge in [-0.15, -0.1) is 0 Å². The van der Waals surface area contributed by atoms with E-state index in [0.29, 0.717) is 17.4 Å². The van der Waals surface area contributed by atoms with Gasteiger partial charge in [0.2, 0.25) is 0 Å². The summed E-state index contributed by atoms with van der Waals surface area (Å²) in [5, 5.41) is 0. The van der Waals surface area contributed by atoms with Crippen molar-refractivity contribution in [3.05, 3.63) is 122 Å². The summed E-state index contributed by atoms with van der Waals surface area (Å²) in [4.78, 5) is 35.5. The maximum atomic E-state index is 12.8. The van der Waals surface area contributed by atoms with Crippen LogP contribution in [0.1, 0.15) is 213 Å². The lowest BCUT2D eigenvalue weighted by molar-refractivity contribution is -0.870. The summed E-state index contributed by atoms with van der Waals surface area (Å²) < 4.78 is 34.4. The first-order valence-corrected chi connectivity index (χ1v) is 30.3. The van der Waals surface area contributed by atoms with Gasteiger partial charge in [-0.05, 0) is 103 Å². The Kier molecular flexibility index (Phi) is 50.6. The van der Waals surface area contributed by atoms with E-state index in [9.17, 15) is 19.0 Å². The van der Waals surface area contributed by atoms with E-state index in [1.54, 1.807) is 0 Å². The van der Waals surface area contributed by atoms with Crippen LogP contribution in [-0.2, 0) is 32.7 Å². The Morgan fingerprint density at radius 1 is 0.438 bits per heavy atom. The Labute approximate surface area is 448 Å². The van der Waals surface area contributed by atoms with E-state index in [-0.39, 0.29) is 32.0 Å². The van der Waals surface area contributed by atoms with Crippen LogP contribution in [0.25, 0.3) is 0 Å². The van der Waals surface area contributed by atoms with Crippen molar-refractivity contribution in [2.45, 2.75) is 219 Å². The number of allylic oxidation sites excluding steroid dienone is 20. The summed E-state index contributed by atoms with van der Waals surface area (Å²) in [6.45, 7) is 4.22. The Balaban J connectivity index is 4.04. The van der Waals surface area contributed by atoms with Crippen LogP contribution in [-0.4, -0.2) is 74.9 Å². The minimum Gasteiger partial charge on any atom is -0.462 e. The highest BCUT2D eigenvalue weighted by Crippen LogP contribution is 2.43. The molecule has 0 aliphatic rings. The molecule has 1 N–H and O–H groups in total. The first-order chi connectivity index (χ1) is 35.5. The van der Waals surface area contributed by atoms with Crippen LogP contribution >= 0.6 is 7.82 Å². The standard InChI is InChI=1S/C63H106NO8P/c1-6-8-10-12-14-16-18-19-20-21-22-23-24-25-26-27-28-29-30-31-32-33-34-35-36-37-38-39-40-41-42-43-44-45-46-48-50-52-54-56-63(66)72-61(60-71-73(67,68)70-58-57-64(3,4)5)59-69-62(65)55-53-51-49-47-17-15-13-11-9-7-2/h8,10-11,13-14,16,19-20,22-23,25-26,28-29,31-32,34-35,37-38,61H,6-7,9,12,15,17-18,21,24,27,30,33,36,39-60H2,1-5H3/p+1/b10-8-,13-11-,16-14-,20-19-,23-22-,26-25-,29-28-,32-31-,35-34-,38-37-. The molecule has 416 valence electrons. The van der Waals surface area contributed by atoms with Crippen LogP contribution in [0.5, 0.6) is 0 Å². The number of carbonyl (C=O) groups excluding carboxylic acids is 2. The van der Waals surface area contributed by atoms with Crippen LogP contribution in [0, 0.1) is 0 Å². The van der Waals surface area contributed by atoms with Crippen molar-refractivity contribution in [3.63, 3.8) is 0 Å². The maximum absolute atomic E-state index is 12.8. The first-order valence-electron chi connectivity index (χ1n) is 28.8. The molecule has 0 amide bonds. The minimum atomic E-state index is -4.39. The van der Waals surface area contributed by atoms with Gasteiger partial charge in [0, 0.05) is 12.8 Å². The van der Waals surface area contributed by atoms with Gasteiger partial charge in [-0.2, -0.15) is 0 Å². The fourth-order valence-corrected chi connectivity index (χ4v) is 8.04. The van der Waals surface area contributed by atoms with E-state index < -0.39 is 26.5 Å². The second-order valence-corrected chi connectivity index (χ2v) is 21.4. The molecule has 0 radical (unpaired) electrons. The Morgan fingerprint density at radius 3 is 1.18 bits per heavy atom. The number of hydrogen-bond acceptors (Lipinski definition) is 7. The highest BCUT2D eigenvalue weighted by atomic mass is 31.2. The average molecular weight is 1040 g/mol. The third kappa shape index (κ3) is 57.5. The summed E-state index contributed by atoms with van der Waals surface area (Å²) in [5.41, 5.74) is 0. The predicted octanol–water partition coefficient (Wildman–Crippen LogP) is 18.0. The smallest absolute Gasteiger partial charge is 0.462 e. The van der Waals surface area contributed by atoms with Crippen LogP contribution in [0.3, 0.4) is 0 Å². The van der Waals surface area contributed by atoms with Crippen molar-refractivity contribution < 1.29 is 42.1 Å². The summed E-state index contributed by atoms with van der Waals surface area (Å²) in [7, 11) is 1.46. The third-order valence-corrected chi connectivity index (χ3v) is 12.7. The number of hydrogen-bond donors (Lipinski definition) is 1. The topological polar surface area (TPSA) is 108 Å². The summed E-state index contributed by atoms with van der Waals surface area (Å²) in [5.74, 6) is -0.821. The monoisotopic (exact) mass is 1040 g/mol. The molecular weight excluding hydrogens is 930 g/mol. The van der Waals surface area contributed by atoms with Gasteiger partial charge in [-0.3, -0.25) is 18.6 Å². The number of rotatable bonds is 51. The zero-order valence-electron chi connectivity index (χ0n) is 47.1. The molecule has 0 bridgehead atoms. The molecule has 0 aromatic heterocycles. The highest BCUT2D eigenvalue weighted by Gasteiger charge is 2.27. The number of likely N-dealkylation sites (N-methyl/N-ethyl adjacent to an activating group) is 1. The minimum absolute atomic E-state index is 0.0249. The molecule has 0 aromatic rings. The van der Waals surface area contributed by atoms with E-state index in [0.717, 1.165) is 128 Å². The summed E-state index contributed by atoms with van der Waals surface area (Å²) in [6, 6.07) is 0. The van der Waals surface area contributed by atoms with Crippen molar-refractivity contribution in [2.75, 3.05) is 47.5 Å². The molecular formula is C63H107NO8P+. The zero-order chi connectivity index (χ0) is 53.5. The van der Waals surface area contributed by atoms with Crippen molar-refractivity contribution in [1.29, 1.82) is 0 Å². The zero-order valence-corrected chi connectivity index (χ0v) is 48.0. The molecule has 0 saturated carbocycles. The third-order valence-electron chi connectivity index (χ3n) is 11.7. The molecule has 0 fully saturated rings. The molecule has 10 heteroatoms. The number of ether oxygens (including phenoxy) is 2. The van der Waals surface area contributed by atoms with Gasteiger partial charge < -0.3 is 18.9 Å². The van der Waals surface area contributed by atoms with E-state index >= 15 is 0 Å². The lowest BCUT2D eigenvalue weighted by atomic mass is 10.0. The van der Waals surface area contributed by atoms with Gasteiger partial charge in [-0.25, -0.2) is 4.57 Å². The lowest BCUT2D eigenvalue weighted by Gasteiger charge is -2.24. The van der Waals surface area contributed by atoms with Crippen LogP contribution in [0.4, 0.5) is 0 Å². The highest BCUT2D eigenvalue weighted by molar-refractivity contribution is 7.47. The number of quaternary nitrogens is 1. The van der Waals surface area contributed by atoms with Gasteiger partial charge in [0.1, 0.15) is 19.8 Å². The lowest BCUT2D eigenvalue weighted by Crippen LogP contribution is -2.37. The van der Waals surface area contributed by atoms with E-state index in [4.69, 9.17) is 18.5 Å². The Hall–Kier alpha value is -3.59. The van der Waals surface area contributed by atoms with Crippen molar-refractivity contribution in [1.82, 2.24) is 0 Å². The van der Waals surface area contributed by atoms with Crippen LogP contribution in [0.15, 0.2) is 122 Å². The van der Waals surface area contributed by atoms with Crippen LogP contribution in [0.2, 0.25) is 0 Å². The fourth-order valence-electron chi connectivity index (χ4n) is 7.30. The molecule has 2 unspecified atom stereocenters. The summed E-state index contributed by atoms with van der Waals surface area (Å²) >= 11 is 0. The van der Waals surface area contributed by atoms with Gasteiger partial charge in [0.15, 0.2) is 6.10 Å². The largest absolute Gasteiger partial charge is 0.472 e. The number of phosphoric acid groups is 1. The van der Waals surface area contributed by atoms with E-state index in [2.05, 4.69) is 135 Å². The first kappa shape index (κ1) is 69.4. The molecule has 0 heterocycles. The van der Waals surface area contributed by atoms with Crippen LogP contribution < -0.4 is 0 Å². The number of esters is 2. The van der Waals surface area contributed by atoms with Gasteiger partial charge in [-0.1, -0.05) is 219 Å². The molecule has 0 aromatic carbocycles. The Bertz CT molecular complexity index is 1650. The van der Waals surface area contributed by atoms with Gasteiger partial charge >= 0.3 is 19.8 Å². The van der Waals surface area contributed by atoms with Gasteiger partial charge in [0.05, 0.1) is 27.7 Å². The van der Waals surface area contributed by atoms with Crippen molar-refractivity contribution >= 4 is 19.8 Å². The molecule has 2 atom stereocenters. The summed E-state index contributed by atoms with van der Waals surface area (Å²) in [6.07, 6.45) is 75.8. The molecule has 73 heavy (non-hydrogen) atoms. The van der Waals surface area contributed by atoms with Crippen molar-refractivity contribution in [3.8, 4) is 0 Å². The van der Waals surface area contributed by atoms with Crippen molar-refractivity contribution in [2.24, 2.45) is 0 Å². The average Bonchev–Trinajstić information content (AvgIpc) is 3.35.